The summed E-state index contributed by atoms with van der Waals surface area (Å²) >= 11 is 0. The fourth-order valence-electron chi connectivity index (χ4n) is 3.79. The number of nitrogens with zero attached hydrogens (tertiary/aromatic N) is 2. The van der Waals surface area contributed by atoms with Gasteiger partial charge in [0.05, 0.1) is 12.6 Å². The maximum absolute atomic E-state index is 13.4. The van der Waals surface area contributed by atoms with Crippen LogP contribution in [0.1, 0.15) is 24.8 Å². The number of methoxy groups -OCH3 is 1. The van der Waals surface area contributed by atoms with Crippen molar-refractivity contribution < 1.29 is 18.7 Å². The Bertz CT molecular complexity index is 637. The van der Waals surface area contributed by atoms with Crippen molar-refractivity contribution >= 4 is 11.8 Å². The zero-order valence-corrected chi connectivity index (χ0v) is 14.6. The third-order valence-corrected chi connectivity index (χ3v) is 5.24. The minimum Gasteiger partial charge on any atom is -0.379 e. The van der Waals surface area contributed by atoms with Crippen LogP contribution < -0.4 is 0 Å². The number of amides is 2. The zero-order chi connectivity index (χ0) is 17.8. The van der Waals surface area contributed by atoms with Crippen molar-refractivity contribution in [1.82, 2.24) is 9.80 Å². The standard InChI is InChI=1S/C19H25FN2O3/c1-25-17-12-22(19(24)13-21-8-3-6-18(21)23)9-7-15(17)10-14-4-2-5-16(20)11-14/h2,4-5,11,15,17H,3,6-10,12-13H2,1H3/t15-,17-/m1/s1. The lowest BCUT2D eigenvalue weighted by Gasteiger charge is -2.38. The van der Waals surface area contributed by atoms with E-state index in [1.54, 1.807) is 29.0 Å². The molecular weight excluding hydrogens is 323 g/mol. The highest BCUT2D eigenvalue weighted by atomic mass is 19.1. The molecule has 2 fully saturated rings. The first-order chi connectivity index (χ1) is 12.1. The first-order valence-electron chi connectivity index (χ1n) is 8.89. The Morgan fingerprint density at radius 3 is 2.88 bits per heavy atom. The van der Waals surface area contributed by atoms with Crippen molar-refractivity contribution in [2.75, 3.05) is 33.3 Å². The van der Waals surface area contributed by atoms with Crippen LogP contribution in [0.15, 0.2) is 24.3 Å². The molecule has 2 saturated heterocycles. The van der Waals surface area contributed by atoms with E-state index >= 15 is 0 Å². The van der Waals surface area contributed by atoms with Crippen LogP contribution in [0.4, 0.5) is 4.39 Å². The zero-order valence-electron chi connectivity index (χ0n) is 14.6. The largest absolute Gasteiger partial charge is 0.379 e. The second kappa shape index (κ2) is 7.95. The summed E-state index contributed by atoms with van der Waals surface area (Å²) in [6.45, 7) is 2.02. The summed E-state index contributed by atoms with van der Waals surface area (Å²) in [6, 6.07) is 6.64. The van der Waals surface area contributed by atoms with Crippen molar-refractivity contribution in [2.24, 2.45) is 5.92 Å². The number of carbonyl (C=O) groups excluding carboxylic acids is 2. The summed E-state index contributed by atoms with van der Waals surface area (Å²) in [6.07, 6.45) is 2.86. The van der Waals surface area contributed by atoms with Crippen LogP contribution in [0.25, 0.3) is 0 Å². The highest BCUT2D eigenvalue weighted by Crippen LogP contribution is 2.25. The van der Waals surface area contributed by atoms with E-state index in [0.717, 1.165) is 24.8 Å². The van der Waals surface area contributed by atoms with Gasteiger partial charge in [0.2, 0.25) is 11.8 Å². The van der Waals surface area contributed by atoms with Crippen LogP contribution >= 0.6 is 0 Å². The van der Waals surface area contributed by atoms with Gasteiger partial charge in [-0.25, -0.2) is 4.39 Å². The van der Waals surface area contributed by atoms with Crippen LogP contribution in [0.3, 0.4) is 0 Å². The SMILES string of the molecule is CO[C@@H]1CN(C(=O)CN2CCCC2=O)CC[C@@H]1Cc1cccc(F)c1. The minimum atomic E-state index is -0.227. The molecule has 0 saturated carbocycles. The number of hydrogen-bond donors (Lipinski definition) is 0. The normalized spacial score (nSPS) is 24.0. The predicted octanol–water partition coefficient (Wildman–Crippen LogP) is 1.85. The molecule has 0 radical (unpaired) electrons. The predicted molar refractivity (Wildman–Crippen MR) is 91.4 cm³/mol. The molecule has 25 heavy (non-hydrogen) atoms. The van der Waals surface area contributed by atoms with Gasteiger partial charge in [-0.05, 0) is 42.9 Å². The molecule has 2 atom stereocenters. The molecule has 5 nitrogen and oxygen atoms in total. The van der Waals surface area contributed by atoms with E-state index in [4.69, 9.17) is 4.74 Å². The average Bonchev–Trinajstić information content (AvgIpc) is 3.00. The number of rotatable bonds is 5. The highest BCUT2D eigenvalue weighted by molar-refractivity contribution is 5.86. The van der Waals surface area contributed by atoms with Gasteiger partial charge in [-0.1, -0.05) is 12.1 Å². The molecule has 2 heterocycles. The quantitative estimate of drug-likeness (QED) is 0.816. The number of benzene rings is 1. The van der Waals surface area contributed by atoms with Crippen LogP contribution in [0, 0.1) is 11.7 Å². The summed E-state index contributed by atoms with van der Waals surface area (Å²) in [4.78, 5) is 27.6. The van der Waals surface area contributed by atoms with Crippen LogP contribution in [-0.2, 0) is 20.7 Å². The van der Waals surface area contributed by atoms with Crippen molar-refractivity contribution in [3.63, 3.8) is 0 Å². The summed E-state index contributed by atoms with van der Waals surface area (Å²) in [7, 11) is 1.65. The monoisotopic (exact) mass is 348 g/mol. The number of ether oxygens (including phenoxy) is 1. The molecule has 0 aromatic heterocycles. The van der Waals surface area contributed by atoms with E-state index in [9.17, 15) is 14.0 Å². The molecule has 0 N–H and O–H groups in total. The van der Waals surface area contributed by atoms with E-state index in [1.165, 1.54) is 6.07 Å². The molecule has 0 bridgehead atoms. The summed E-state index contributed by atoms with van der Waals surface area (Å²) in [5.41, 5.74) is 0.953. The van der Waals surface area contributed by atoms with Crippen molar-refractivity contribution in [2.45, 2.75) is 31.8 Å². The second-order valence-corrected chi connectivity index (χ2v) is 6.92. The van der Waals surface area contributed by atoms with Gasteiger partial charge in [-0.2, -0.15) is 0 Å². The van der Waals surface area contributed by atoms with Gasteiger partial charge in [0, 0.05) is 33.2 Å². The molecule has 6 heteroatoms. The molecule has 1 aromatic carbocycles. The number of hydrogen-bond acceptors (Lipinski definition) is 3. The first kappa shape index (κ1) is 17.9. The highest BCUT2D eigenvalue weighted by Gasteiger charge is 2.33. The Morgan fingerprint density at radius 2 is 2.20 bits per heavy atom. The van der Waals surface area contributed by atoms with Crippen LogP contribution in [-0.4, -0.2) is 61.0 Å². The van der Waals surface area contributed by atoms with Gasteiger partial charge in [0.15, 0.2) is 0 Å². The smallest absolute Gasteiger partial charge is 0.242 e. The number of halogens is 1. The third-order valence-electron chi connectivity index (χ3n) is 5.24. The van der Waals surface area contributed by atoms with Gasteiger partial charge in [0.25, 0.3) is 0 Å². The molecule has 0 unspecified atom stereocenters. The lowest BCUT2D eigenvalue weighted by Crippen LogP contribution is -2.50. The van der Waals surface area contributed by atoms with Gasteiger partial charge in [-0.15, -0.1) is 0 Å². The molecule has 2 aliphatic rings. The van der Waals surface area contributed by atoms with Crippen LogP contribution in [0.5, 0.6) is 0 Å². The third kappa shape index (κ3) is 4.37. The summed E-state index contributed by atoms with van der Waals surface area (Å²) < 4.78 is 19.0. The molecule has 0 aliphatic carbocycles. The Labute approximate surface area is 147 Å². The van der Waals surface area contributed by atoms with Crippen molar-refractivity contribution in [1.29, 1.82) is 0 Å². The minimum absolute atomic E-state index is 0.0125. The maximum Gasteiger partial charge on any atom is 0.242 e. The fraction of sp³-hybridized carbons (Fsp3) is 0.579. The summed E-state index contributed by atoms with van der Waals surface area (Å²) in [5, 5.41) is 0. The van der Waals surface area contributed by atoms with Gasteiger partial charge >= 0.3 is 0 Å². The fourth-order valence-corrected chi connectivity index (χ4v) is 3.79. The average molecular weight is 348 g/mol. The van der Waals surface area contributed by atoms with Crippen molar-refractivity contribution in [3.05, 3.63) is 35.6 Å². The van der Waals surface area contributed by atoms with E-state index in [0.29, 0.717) is 26.1 Å². The van der Waals surface area contributed by atoms with Gasteiger partial charge in [-0.3, -0.25) is 9.59 Å². The molecular formula is C19H25FN2O3. The molecule has 136 valence electrons. The second-order valence-electron chi connectivity index (χ2n) is 6.92. The van der Waals surface area contributed by atoms with E-state index in [-0.39, 0.29) is 36.2 Å². The Balaban J connectivity index is 1.57. The Morgan fingerprint density at radius 1 is 1.36 bits per heavy atom. The van der Waals surface area contributed by atoms with E-state index in [1.807, 2.05) is 6.07 Å². The Kier molecular flexibility index (Phi) is 5.68. The first-order valence-corrected chi connectivity index (χ1v) is 8.89. The summed E-state index contributed by atoms with van der Waals surface area (Å²) in [5.74, 6) is 0.0813. The topological polar surface area (TPSA) is 49.9 Å². The number of likely N-dealkylation sites (tertiary alicyclic amines) is 2. The van der Waals surface area contributed by atoms with Crippen LogP contribution in [0.2, 0.25) is 0 Å². The molecule has 0 spiro atoms. The lowest BCUT2D eigenvalue weighted by molar-refractivity contribution is -0.141. The molecule has 1 aromatic rings. The number of carbonyl (C=O) groups is 2. The molecule has 2 amide bonds. The van der Waals surface area contributed by atoms with Gasteiger partial charge in [0.1, 0.15) is 5.82 Å². The van der Waals surface area contributed by atoms with E-state index in [2.05, 4.69) is 0 Å². The number of piperidine rings is 1. The molecule has 2 aliphatic heterocycles. The van der Waals surface area contributed by atoms with Crippen molar-refractivity contribution in [3.8, 4) is 0 Å². The molecule has 3 rings (SSSR count). The maximum atomic E-state index is 13.4. The Hall–Kier alpha value is -1.95. The van der Waals surface area contributed by atoms with E-state index < -0.39 is 0 Å². The van der Waals surface area contributed by atoms with Gasteiger partial charge < -0.3 is 14.5 Å². The lowest BCUT2D eigenvalue weighted by atomic mass is 9.87.